The van der Waals surface area contributed by atoms with Crippen LogP contribution in [0, 0.1) is 6.92 Å². The van der Waals surface area contributed by atoms with E-state index < -0.39 is 29.5 Å². The summed E-state index contributed by atoms with van der Waals surface area (Å²) < 4.78 is 48.9. The van der Waals surface area contributed by atoms with Crippen molar-refractivity contribution in [2.45, 2.75) is 20.0 Å². The molecular weight excluding hydrogens is 449 g/mol. The number of hydrogen-bond donors (Lipinski definition) is 2. The second-order valence-electron chi connectivity index (χ2n) is 6.44. The summed E-state index contributed by atoms with van der Waals surface area (Å²) in [5.74, 6) is -2.16. The summed E-state index contributed by atoms with van der Waals surface area (Å²) in [6, 6.07) is 7.08. The Morgan fingerprint density at radius 3 is 2.47 bits per heavy atom. The van der Waals surface area contributed by atoms with Crippen molar-refractivity contribution in [2.75, 3.05) is 17.2 Å². The highest BCUT2D eigenvalue weighted by molar-refractivity contribution is 7.19. The third-order valence-corrected chi connectivity index (χ3v) is 5.46. The minimum Gasteiger partial charge on any atom is -0.462 e. The van der Waals surface area contributed by atoms with Crippen LogP contribution in [0.2, 0.25) is 0 Å². The van der Waals surface area contributed by atoms with Gasteiger partial charge in [-0.15, -0.1) is 11.3 Å². The minimum absolute atomic E-state index is 0.0131. The number of alkyl halides is 3. The number of benzene rings is 1. The Morgan fingerprint density at radius 2 is 1.84 bits per heavy atom. The van der Waals surface area contributed by atoms with Crippen LogP contribution in [-0.2, 0) is 10.9 Å². The maximum atomic E-state index is 12.9. The largest absolute Gasteiger partial charge is 0.462 e. The highest BCUT2D eigenvalue weighted by Gasteiger charge is 2.31. The first-order chi connectivity index (χ1) is 15.1. The smallest absolute Gasteiger partial charge is 0.416 e. The molecule has 32 heavy (non-hydrogen) atoms. The molecule has 11 heteroatoms. The van der Waals surface area contributed by atoms with Gasteiger partial charge in [0.05, 0.1) is 28.9 Å². The average Bonchev–Trinajstić information content (AvgIpc) is 3.36. The molecule has 2 amide bonds. The second kappa shape index (κ2) is 9.27. The number of nitrogens with one attached hydrogen (secondary N) is 2. The maximum Gasteiger partial charge on any atom is 0.416 e. The van der Waals surface area contributed by atoms with E-state index in [1.54, 1.807) is 6.92 Å². The summed E-state index contributed by atoms with van der Waals surface area (Å²) in [5, 5.41) is 4.96. The maximum absolute atomic E-state index is 12.9. The van der Waals surface area contributed by atoms with Crippen LogP contribution in [-0.4, -0.2) is 24.4 Å². The first-order valence-corrected chi connectivity index (χ1v) is 10.1. The Balaban J connectivity index is 1.93. The summed E-state index contributed by atoms with van der Waals surface area (Å²) in [5.41, 5.74) is -0.799. The van der Waals surface area contributed by atoms with Crippen LogP contribution >= 0.6 is 11.3 Å². The summed E-state index contributed by atoms with van der Waals surface area (Å²) in [7, 11) is 0. The number of thiophene rings is 1. The molecule has 0 saturated carbocycles. The van der Waals surface area contributed by atoms with Gasteiger partial charge in [-0.25, -0.2) is 4.79 Å². The number of carbonyl (C=O) groups is 3. The zero-order chi connectivity index (χ0) is 23.5. The second-order valence-corrected chi connectivity index (χ2v) is 7.47. The molecule has 0 aliphatic rings. The fraction of sp³-hybridized carbons (Fsp3) is 0.190. The average molecular weight is 466 g/mol. The number of hydrogen-bond acceptors (Lipinski definition) is 6. The summed E-state index contributed by atoms with van der Waals surface area (Å²) in [4.78, 5) is 37.6. The molecule has 0 atom stereocenters. The molecule has 0 bridgehead atoms. The van der Waals surface area contributed by atoms with Crippen molar-refractivity contribution in [2.24, 2.45) is 0 Å². The standard InChI is InChI=1S/C21H17F3N2O5S/c1-3-30-20(29)15-11(2)16(32-19(15)26-17(27)14-8-5-9-31-14)18(28)25-13-7-4-6-12(10-13)21(22,23)24/h4-10H,3H2,1-2H3,(H,25,28)(H,26,27). The lowest BCUT2D eigenvalue weighted by atomic mass is 10.1. The molecule has 0 fully saturated rings. The molecule has 2 aromatic heterocycles. The number of halogens is 3. The Labute approximate surface area is 184 Å². The predicted octanol–water partition coefficient (Wildman–Crippen LogP) is 5.35. The van der Waals surface area contributed by atoms with Crippen LogP contribution < -0.4 is 10.6 Å². The zero-order valence-corrected chi connectivity index (χ0v) is 17.6. The minimum atomic E-state index is -4.57. The topological polar surface area (TPSA) is 97.6 Å². The molecule has 168 valence electrons. The van der Waals surface area contributed by atoms with E-state index in [9.17, 15) is 27.6 Å². The van der Waals surface area contributed by atoms with Gasteiger partial charge in [0.25, 0.3) is 11.8 Å². The van der Waals surface area contributed by atoms with E-state index in [4.69, 9.17) is 9.15 Å². The van der Waals surface area contributed by atoms with Gasteiger partial charge in [-0.3, -0.25) is 9.59 Å². The Morgan fingerprint density at radius 1 is 1.09 bits per heavy atom. The van der Waals surface area contributed by atoms with E-state index in [0.717, 1.165) is 23.5 Å². The van der Waals surface area contributed by atoms with Gasteiger partial charge >= 0.3 is 12.1 Å². The van der Waals surface area contributed by atoms with Crippen molar-refractivity contribution < 1.29 is 36.7 Å². The molecule has 0 aliphatic heterocycles. The first kappa shape index (κ1) is 23.1. The highest BCUT2D eigenvalue weighted by Crippen LogP contribution is 2.35. The molecule has 0 radical (unpaired) electrons. The fourth-order valence-electron chi connectivity index (χ4n) is 2.80. The number of anilines is 2. The molecule has 1 aromatic carbocycles. The van der Waals surface area contributed by atoms with Crippen molar-refractivity contribution in [3.8, 4) is 0 Å². The van der Waals surface area contributed by atoms with Crippen LogP contribution in [0.1, 0.15) is 48.6 Å². The highest BCUT2D eigenvalue weighted by atomic mass is 32.1. The number of carbonyl (C=O) groups excluding carboxylic acids is 3. The Hall–Kier alpha value is -3.60. The SMILES string of the molecule is CCOC(=O)c1c(NC(=O)c2ccco2)sc(C(=O)Nc2cccc(C(F)(F)F)c2)c1C. The van der Waals surface area contributed by atoms with E-state index in [2.05, 4.69) is 10.6 Å². The van der Waals surface area contributed by atoms with Crippen LogP contribution in [0.5, 0.6) is 0 Å². The molecule has 3 aromatic rings. The van der Waals surface area contributed by atoms with Gasteiger partial charge in [-0.2, -0.15) is 13.2 Å². The fourth-order valence-corrected chi connectivity index (χ4v) is 3.89. The molecule has 0 saturated heterocycles. The lowest BCUT2D eigenvalue weighted by molar-refractivity contribution is -0.137. The third-order valence-electron chi connectivity index (χ3n) is 4.25. The number of esters is 1. The predicted molar refractivity (Wildman–Crippen MR) is 111 cm³/mol. The van der Waals surface area contributed by atoms with Crippen LogP contribution in [0.25, 0.3) is 0 Å². The number of furan rings is 1. The van der Waals surface area contributed by atoms with Crippen molar-refractivity contribution in [1.29, 1.82) is 0 Å². The van der Waals surface area contributed by atoms with Crippen LogP contribution in [0.15, 0.2) is 47.1 Å². The quantitative estimate of drug-likeness (QED) is 0.478. The molecule has 0 unspecified atom stereocenters. The summed E-state index contributed by atoms with van der Waals surface area (Å²) >= 11 is 0.794. The Bertz CT molecular complexity index is 1150. The summed E-state index contributed by atoms with van der Waals surface area (Å²) in [6.45, 7) is 3.14. The molecule has 7 nitrogen and oxygen atoms in total. The Kier molecular flexibility index (Phi) is 6.68. The van der Waals surface area contributed by atoms with Crippen molar-refractivity contribution in [3.05, 3.63) is 70.0 Å². The molecule has 2 heterocycles. The van der Waals surface area contributed by atoms with Crippen molar-refractivity contribution in [3.63, 3.8) is 0 Å². The van der Waals surface area contributed by atoms with Gasteiger partial charge < -0.3 is 19.8 Å². The van der Waals surface area contributed by atoms with E-state index in [0.29, 0.717) is 0 Å². The van der Waals surface area contributed by atoms with Gasteiger partial charge in [0.1, 0.15) is 5.00 Å². The lowest BCUT2D eigenvalue weighted by Crippen LogP contribution is -2.15. The molecular formula is C21H17F3N2O5S. The van der Waals surface area contributed by atoms with Gasteiger partial charge in [-0.1, -0.05) is 6.07 Å². The van der Waals surface area contributed by atoms with Gasteiger partial charge in [0.15, 0.2) is 5.76 Å². The molecule has 0 aliphatic carbocycles. The molecule has 2 N–H and O–H groups in total. The number of ether oxygens (including phenoxy) is 1. The normalized spacial score (nSPS) is 11.2. The number of rotatable bonds is 6. The van der Waals surface area contributed by atoms with Gasteiger partial charge in [0, 0.05) is 5.69 Å². The first-order valence-electron chi connectivity index (χ1n) is 9.25. The van der Waals surface area contributed by atoms with Gasteiger partial charge in [-0.05, 0) is 49.7 Å². The van der Waals surface area contributed by atoms with E-state index in [1.807, 2.05) is 0 Å². The van der Waals surface area contributed by atoms with Crippen LogP contribution in [0.3, 0.4) is 0 Å². The monoisotopic (exact) mass is 466 g/mol. The van der Waals surface area contributed by atoms with Crippen LogP contribution in [0.4, 0.5) is 23.9 Å². The lowest BCUT2D eigenvalue weighted by Gasteiger charge is -2.09. The number of amides is 2. The van der Waals surface area contributed by atoms with E-state index >= 15 is 0 Å². The van der Waals surface area contributed by atoms with Crippen molar-refractivity contribution >= 4 is 39.8 Å². The summed E-state index contributed by atoms with van der Waals surface area (Å²) in [6.07, 6.45) is -3.27. The van der Waals surface area contributed by atoms with Gasteiger partial charge in [0.2, 0.25) is 0 Å². The van der Waals surface area contributed by atoms with Crippen molar-refractivity contribution in [1.82, 2.24) is 0 Å². The van der Waals surface area contributed by atoms with E-state index in [-0.39, 0.29) is 39.1 Å². The van der Waals surface area contributed by atoms with E-state index in [1.165, 1.54) is 37.5 Å². The molecule has 0 spiro atoms. The zero-order valence-electron chi connectivity index (χ0n) is 16.8. The molecule has 3 rings (SSSR count). The third kappa shape index (κ3) is 4.99.